The number of carbonyl (C=O) groups is 1. The predicted octanol–water partition coefficient (Wildman–Crippen LogP) is 1.88. The Morgan fingerprint density at radius 1 is 1.17 bits per heavy atom. The number of amides is 1. The van der Waals surface area contributed by atoms with E-state index in [4.69, 9.17) is 0 Å². The number of fused-ring (bicyclic) bond motifs is 2. The summed E-state index contributed by atoms with van der Waals surface area (Å²) >= 11 is 0. The lowest BCUT2D eigenvalue weighted by atomic mass is 10.1. The fraction of sp³-hybridized carbons (Fsp3) is 0.533. The van der Waals surface area contributed by atoms with E-state index in [9.17, 15) is 4.79 Å². The van der Waals surface area contributed by atoms with Gasteiger partial charge in [0, 0.05) is 38.6 Å². The van der Waals surface area contributed by atoms with E-state index in [-0.39, 0.29) is 5.91 Å². The van der Waals surface area contributed by atoms with Crippen molar-refractivity contribution >= 4 is 5.91 Å². The van der Waals surface area contributed by atoms with Crippen molar-refractivity contribution in [2.45, 2.75) is 38.4 Å². The van der Waals surface area contributed by atoms with Gasteiger partial charge in [0.2, 0.25) is 5.91 Å². The second-order valence-corrected chi connectivity index (χ2v) is 5.47. The molecule has 2 bridgehead atoms. The molecule has 2 heterocycles. The Kier molecular flexibility index (Phi) is 3.08. The molecule has 0 saturated carbocycles. The molecule has 2 atom stereocenters. The molecule has 0 radical (unpaired) electrons. The summed E-state index contributed by atoms with van der Waals surface area (Å²) in [7, 11) is 0. The maximum absolute atomic E-state index is 11.5. The highest BCUT2D eigenvalue weighted by atomic mass is 16.2. The minimum absolute atomic E-state index is 0.228. The molecular formula is C15H20N2O. The third kappa shape index (κ3) is 2.15. The summed E-state index contributed by atoms with van der Waals surface area (Å²) in [5, 5.41) is 0. The molecule has 2 fully saturated rings. The van der Waals surface area contributed by atoms with E-state index in [0.29, 0.717) is 12.1 Å². The second-order valence-electron chi connectivity index (χ2n) is 5.47. The van der Waals surface area contributed by atoms with Crippen LogP contribution in [0.3, 0.4) is 0 Å². The molecule has 96 valence electrons. The van der Waals surface area contributed by atoms with Crippen LogP contribution in [-0.2, 0) is 11.3 Å². The van der Waals surface area contributed by atoms with Crippen LogP contribution in [0.2, 0.25) is 0 Å². The molecule has 3 rings (SSSR count). The topological polar surface area (TPSA) is 23.6 Å². The van der Waals surface area contributed by atoms with E-state index in [1.54, 1.807) is 6.92 Å². The van der Waals surface area contributed by atoms with Crippen LogP contribution in [0.15, 0.2) is 30.3 Å². The van der Waals surface area contributed by atoms with Crippen molar-refractivity contribution < 1.29 is 4.79 Å². The number of hydrogen-bond acceptors (Lipinski definition) is 2. The SMILES string of the molecule is CC(=O)N1CC2CCC(C1)N2Cc1ccccc1. The minimum atomic E-state index is 0.228. The molecule has 3 heteroatoms. The van der Waals surface area contributed by atoms with E-state index in [1.165, 1.54) is 18.4 Å². The van der Waals surface area contributed by atoms with E-state index in [1.807, 2.05) is 4.90 Å². The number of likely N-dealkylation sites (tertiary alicyclic amines) is 1. The van der Waals surface area contributed by atoms with Crippen molar-refractivity contribution in [1.82, 2.24) is 9.80 Å². The van der Waals surface area contributed by atoms with Crippen molar-refractivity contribution in [3.05, 3.63) is 35.9 Å². The number of rotatable bonds is 2. The van der Waals surface area contributed by atoms with Crippen LogP contribution in [-0.4, -0.2) is 40.9 Å². The highest BCUT2D eigenvalue weighted by molar-refractivity contribution is 5.73. The Labute approximate surface area is 108 Å². The van der Waals surface area contributed by atoms with Gasteiger partial charge in [0.05, 0.1) is 0 Å². The van der Waals surface area contributed by atoms with E-state index >= 15 is 0 Å². The summed E-state index contributed by atoms with van der Waals surface area (Å²) in [6.07, 6.45) is 2.47. The first kappa shape index (κ1) is 11.7. The molecule has 0 aromatic heterocycles. The molecule has 2 saturated heterocycles. The molecule has 0 N–H and O–H groups in total. The molecule has 1 aromatic rings. The zero-order valence-electron chi connectivity index (χ0n) is 10.9. The fourth-order valence-electron chi connectivity index (χ4n) is 3.30. The Bertz CT molecular complexity index is 417. The fourth-order valence-corrected chi connectivity index (χ4v) is 3.30. The summed E-state index contributed by atoms with van der Waals surface area (Å²) in [5.74, 6) is 0.228. The highest BCUT2D eigenvalue weighted by Gasteiger charge is 2.40. The maximum Gasteiger partial charge on any atom is 0.219 e. The van der Waals surface area contributed by atoms with Crippen molar-refractivity contribution in [3.63, 3.8) is 0 Å². The summed E-state index contributed by atoms with van der Waals surface area (Å²) in [5.41, 5.74) is 1.38. The van der Waals surface area contributed by atoms with Gasteiger partial charge < -0.3 is 4.90 Å². The largest absolute Gasteiger partial charge is 0.340 e. The summed E-state index contributed by atoms with van der Waals surface area (Å²) in [6, 6.07) is 11.8. The van der Waals surface area contributed by atoms with Gasteiger partial charge in [0.25, 0.3) is 0 Å². The molecule has 2 unspecified atom stereocenters. The van der Waals surface area contributed by atoms with Crippen LogP contribution < -0.4 is 0 Å². The van der Waals surface area contributed by atoms with Gasteiger partial charge in [0.15, 0.2) is 0 Å². The molecule has 1 aromatic carbocycles. The van der Waals surface area contributed by atoms with Crippen LogP contribution in [0.4, 0.5) is 0 Å². The van der Waals surface area contributed by atoms with Gasteiger partial charge in [-0.3, -0.25) is 9.69 Å². The molecule has 2 aliphatic rings. The third-order valence-electron chi connectivity index (χ3n) is 4.29. The van der Waals surface area contributed by atoms with E-state index in [0.717, 1.165) is 19.6 Å². The Balaban J connectivity index is 1.71. The van der Waals surface area contributed by atoms with Gasteiger partial charge in [-0.1, -0.05) is 30.3 Å². The first-order valence-electron chi connectivity index (χ1n) is 6.79. The summed E-state index contributed by atoms with van der Waals surface area (Å²) < 4.78 is 0. The van der Waals surface area contributed by atoms with Gasteiger partial charge in [-0.25, -0.2) is 0 Å². The van der Waals surface area contributed by atoms with E-state index < -0.39 is 0 Å². The smallest absolute Gasteiger partial charge is 0.219 e. The summed E-state index contributed by atoms with van der Waals surface area (Å²) in [4.78, 5) is 16.1. The zero-order chi connectivity index (χ0) is 12.5. The lowest BCUT2D eigenvalue weighted by Crippen LogP contribution is -2.54. The van der Waals surface area contributed by atoms with Crippen molar-refractivity contribution in [2.24, 2.45) is 0 Å². The quantitative estimate of drug-likeness (QED) is 0.793. The van der Waals surface area contributed by atoms with Gasteiger partial charge in [-0.05, 0) is 18.4 Å². The molecule has 2 aliphatic heterocycles. The number of nitrogens with zero attached hydrogens (tertiary/aromatic N) is 2. The van der Waals surface area contributed by atoms with Crippen LogP contribution in [0.1, 0.15) is 25.3 Å². The maximum atomic E-state index is 11.5. The van der Waals surface area contributed by atoms with Crippen LogP contribution in [0, 0.1) is 0 Å². The van der Waals surface area contributed by atoms with Crippen molar-refractivity contribution in [1.29, 1.82) is 0 Å². The number of piperazine rings is 1. The molecule has 0 spiro atoms. The molecule has 0 aliphatic carbocycles. The van der Waals surface area contributed by atoms with Gasteiger partial charge in [-0.2, -0.15) is 0 Å². The van der Waals surface area contributed by atoms with Gasteiger partial charge in [-0.15, -0.1) is 0 Å². The van der Waals surface area contributed by atoms with Crippen molar-refractivity contribution in [3.8, 4) is 0 Å². The van der Waals surface area contributed by atoms with E-state index in [2.05, 4.69) is 35.2 Å². The molecule has 18 heavy (non-hydrogen) atoms. The third-order valence-corrected chi connectivity index (χ3v) is 4.29. The average Bonchev–Trinajstić information content (AvgIpc) is 2.62. The Morgan fingerprint density at radius 3 is 2.33 bits per heavy atom. The molecule has 3 nitrogen and oxygen atoms in total. The van der Waals surface area contributed by atoms with Crippen molar-refractivity contribution in [2.75, 3.05) is 13.1 Å². The zero-order valence-corrected chi connectivity index (χ0v) is 10.9. The standard InChI is InChI=1S/C15H20N2O/c1-12(18)16-10-14-7-8-15(11-16)17(14)9-13-5-3-2-4-6-13/h2-6,14-15H,7-11H2,1H3. The predicted molar refractivity (Wildman–Crippen MR) is 71.0 cm³/mol. The first-order chi connectivity index (χ1) is 8.74. The number of benzene rings is 1. The lowest BCUT2D eigenvalue weighted by molar-refractivity contribution is -0.132. The second kappa shape index (κ2) is 4.73. The Morgan fingerprint density at radius 2 is 1.78 bits per heavy atom. The van der Waals surface area contributed by atoms with Crippen LogP contribution in [0.25, 0.3) is 0 Å². The summed E-state index contributed by atoms with van der Waals surface area (Å²) in [6.45, 7) is 4.55. The number of carbonyl (C=O) groups excluding carboxylic acids is 1. The number of hydrogen-bond donors (Lipinski definition) is 0. The molecule has 1 amide bonds. The van der Waals surface area contributed by atoms with Crippen LogP contribution in [0.5, 0.6) is 0 Å². The van der Waals surface area contributed by atoms with Gasteiger partial charge >= 0.3 is 0 Å². The van der Waals surface area contributed by atoms with Gasteiger partial charge in [0.1, 0.15) is 0 Å². The average molecular weight is 244 g/mol. The Hall–Kier alpha value is -1.35. The monoisotopic (exact) mass is 244 g/mol. The molecular weight excluding hydrogens is 224 g/mol. The highest BCUT2D eigenvalue weighted by Crippen LogP contribution is 2.31. The normalized spacial score (nSPS) is 27.5. The van der Waals surface area contributed by atoms with Crippen LogP contribution >= 0.6 is 0 Å². The first-order valence-corrected chi connectivity index (χ1v) is 6.79. The lowest BCUT2D eigenvalue weighted by Gasteiger charge is -2.40. The minimum Gasteiger partial charge on any atom is -0.340 e.